The van der Waals surface area contributed by atoms with E-state index < -0.39 is 0 Å². The largest absolute Gasteiger partial charge is 0.351 e. The maximum Gasteiger partial charge on any atom is 0.223 e. The molecule has 0 aromatic heterocycles. The maximum atomic E-state index is 11.9. The van der Waals surface area contributed by atoms with Gasteiger partial charge in [0.05, 0.1) is 0 Å². The first-order valence-electron chi connectivity index (χ1n) is 6.07. The highest BCUT2D eigenvalue weighted by Crippen LogP contribution is 2.24. The number of amides is 1. The van der Waals surface area contributed by atoms with Crippen molar-refractivity contribution in [3.63, 3.8) is 0 Å². The Labute approximate surface area is 92.8 Å². The molecule has 3 N–H and O–H groups in total. The summed E-state index contributed by atoms with van der Waals surface area (Å²) in [6.07, 6.45) is 6.65. The topological polar surface area (TPSA) is 55.1 Å². The quantitative estimate of drug-likeness (QED) is 0.746. The van der Waals surface area contributed by atoms with E-state index in [0.717, 1.165) is 19.3 Å². The molecule has 88 valence electrons. The van der Waals surface area contributed by atoms with E-state index in [9.17, 15) is 4.79 Å². The lowest BCUT2D eigenvalue weighted by Gasteiger charge is -2.29. The molecule has 0 heterocycles. The lowest BCUT2D eigenvalue weighted by atomic mass is 9.87. The normalized spacial score (nSPS) is 18.9. The molecule has 0 aliphatic heterocycles. The average Bonchev–Trinajstić information content (AvgIpc) is 2.18. The standard InChI is InChI=1S/C12H24N2O/c1-12(2,8-9-13)14-11(15)10-6-4-3-5-7-10/h10H,3-9,13H2,1-2H3,(H,14,15). The van der Waals surface area contributed by atoms with Crippen LogP contribution < -0.4 is 11.1 Å². The molecule has 0 aromatic carbocycles. The number of carbonyl (C=O) groups is 1. The predicted molar refractivity (Wildman–Crippen MR) is 62.5 cm³/mol. The third kappa shape index (κ3) is 4.20. The molecule has 1 rings (SSSR count). The number of nitrogens with two attached hydrogens (primary N) is 1. The van der Waals surface area contributed by atoms with Crippen molar-refractivity contribution in [2.75, 3.05) is 6.54 Å². The van der Waals surface area contributed by atoms with E-state index in [-0.39, 0.29) is 17.4 Å². The predicted octanol–water partition coefficient (Wildman–Crippen LogP) is 1.81. The molecule has 1 amide bonds. The summed E-state index contributed by atoms with van der Waals surface area (Å²) in [6, 6.07) is 0. The minimum Gasteiger partial charge on any atom is -0.351 e. The highest BCUT2D eigenvalue weighted by Gasteiger charge is 2.26. The van der Waals surface area contributed by atoms with E-state index in [1.54, 1.807) is 0 Å². The van der Waals surface area contributed by atoms with Crippen molar-refractivity contribution in [2.45, 2.75) is 57.9 Å². The van der Waals surface area contributed by atoms with Crippen molar-refractivity contribution in [1.82, 2.24) is 5.32 Å². The summed E-state index contributed by atoms with van der Waals surface area (Å²) in [4.78, 5) is 11.9. The summed E-state index contributed by atoms with van der Waals surface area (Å²) < 4.78 is 0. The highest BCUT2D eigenvalue weighted by atomic mass is 16.2. The van der Waals surface area contributed by atoms with Crippen LogP contribution in [0.5, 0.6) is 0 Å². The van der Waals surface area contributed by atoms with E-state index >= 15 is 0 Å². The fourth-order valence-corrected chi connectivity index (χ4v) is 2.22. The van der Waals surface area contributed by atoms with Gasteiger partial charge in [-0.2, -0.15) is 0 Å². The Balaban J connectivity index is 2.39. The molecular formula is C12H24N2O. The monoisotopic (exact) mass is 212 g/mol. The first-order valence-corrected chi connectivity index (χ1v) is 6.07. The lowest BCUT2D eigenvalue weighted by Crippen LogP contribution is -2.47. The molecule has 0 aromatic rings. The van der Waals surface area contributed by atoms with Crippen LogP contribution in [0, 0.1) is 5.92 Å². The van der Waals surface area contributed by atoms with Gasteiger partial charge in [-0.25, -0.2) is 0 Å². The molecule has 0 bridgehead atoms. The molecule has 0 spiro atoms. The van der Waals surface area contributed by atoms with Crippen LogP contribution >= 0.6 is 0 Å². The van der Waals surface area contributed by atoms with Gasteiger partial charge < -0.3 is 11.1 Å². The van der Waals surface area contributed by atoms with Gasteiger partial charge in [0, 0.05) is 11.5 Å². The van der Waals surface area contributed by atoms with Crippen molar-refractivity contribution in [1.29, 1.82) is 0 Å². The number of rotatable bonds is 4. The summed E-state index contributed by atoms with van der Waals surface area (Å²) in [5.41, 5.74) is 5.37. The summed E-state index contributed by atoms with van der Waals surface area (Å²) in [7, 11) is 0. The Morgan fingerprint density at radius 3 is 2.47 bits per heavy atom. The number of hydrogen-bond donors (Lipinski definition) is 2. The van der Waals surface area contributed by atoms with Crippen LogP contribution in [-0.4, -0.2) is 18.0 Å². The van der Waals surface area contributed by atoms with Crippen LogP contribution in [0.3, 0.4) is 0 Å². The molecule has 0 atom stereocenters. The summed E-state index contributed by atoms with van der Waals surface area (Å²) in [6.45, 7) is 4.71. The second kappa shape index (κ2) is 5.50. The molecule has 3 nitrogen and oxygen atoms in total. The van der Waals surface area contributed by atoms with Crippen molar-refractivity contribution < 1.29 is 4.79 Å². The SMILES string of the molecule is CC(C)(CCN)NC(=O)C1CCCCC1. The van der Waals surface area contributed by atoms with Crippen LogP contribution in [0.15, 0.2) is 0 Å². The molecule has 3 heteroatoms. The zero-order valence-corrected chi connectivity index (χ0v) is 10.0. The zero-order valence-electron chi connectivity index (χ0n) is 10.0. The summed E-state index contributed by atoms with van der Waals surface area (Å²) >= 11 is 0. The number of nitrogens with one attached hydrogen (secondary N) is 1. The Morgan fingerprint density at radius 2 is 1.93 bits per heavy atom. The fraction of sp³-hybridized carbons (Fsp3) is 0.917. The van der Waals surface area contributed by atoms with Gasteiger partial charge in [-0.05, 0) is 39.7 Å². The molecule has 1 fully saturated rings. The van der Waals surface area contributed by atoms with Gasteiger partial charge in [0.25, 0.3) is 0 Å². The number of hydrogen-bond acceptors (Lipinski definition) is 2. The van der Waals surface area contributed by atoms with Gasteiger partial charge in [0.1, 0.15) is 0 Å². The smallest absolute Gasteiger partial charge is 0.223 e. The van der Waals surface area contributed by atoms with Crippen molar-refractivity contribution >= 4 is 5.91 Å². The summed E-state index contributed by atoms with van der Waals surface area (Å²) in [5, 5.41) is 3.11. The van der Waals surface area contributed by atoms with Crippen LogP contribution in [0.4, 0.5) is 0 Å². The van der Waals surface area contributed by atoms with Gasteiger partial charge >= 0.3 is 0 Å². The van der Waals surface area contributed by atoms with E-state index in [1.165, 1.54) is 19.3 Å². The van der Waals surface area contributed by atoms with Crippen LogP contribution in [0.2, 0.25) is 0 Å². The van der Waals surface area contributed by atoms with E-state index in [1.807, 2.05) is 13.8 Å². The molecular weight excluding hydrogens is 188 g/mol. The van der Waals surface area contributed by atoms with E-state index in [0.29, 0.717) is 6.54 Å². The molecule has 0 unspecified atom stereocenters. The fourth-order valence-electron chi connectivity index (χ4n) is 2.22. The van der Waals surface area contributed by atoms with Gasteiger partial charge in [-0.1, -0.05) is 19.3 Å². The van der Waals surface area contributed by atoms with Crippen LogP contribution in [0.25, 0.3) is 0 Å². The Kier molecular flexibility index (Phi) is 4.58. The van der Waals surface area contributed by atoms with Gasteiger partial charge in [0.15, 0.2) is 0 Å². The van der Waals surface area contributed by atoms with Crippen molar-refractivity contribution in [3.05, 3.63) is 0 Å². The molecule has 1 aliphatic carbocycles. The van der Waals surface area contributed by atoms with E-state index in [2.05, 4.69) is 5.32 Å². The Morgan fingerprint density at radius 1 is 1.33 bits per heavy atom. The summed E-state index contributed by atoms with van der Waals surface area (Å²) in [5.74, 6) is 0.476. The third-order valence-corrected chi connectivity index (χ3v) is 3.21. The van der Waals surface area contributed by atoms with Crippen LogP contribution in [0.1, 0.15) is 52.4 Å². The molecule has 0 radical (unpaired) electrons. The Bertz CT molecular complexity index is 208. The second-order valence-electron chi connectivity index (χ2n) is 5.25. The van der Waals surface area contributed by atoms with Gasteiger partial charge in [-0.3, -0.25) is 4.79 Å². The van der Waals surface area contributed by atoms with Crippen molar-refractivity contribution in [2.24, 2.45) is 11.7 Å². The van der Waals surface area contributed by atoms with E-state index in [4.69, 9.17) is 5.73 Å². The number of carbonyl (C=O) groups excluding carboxylic acids is 1. The zero-order chi connectivity index (χ0) is 11.3. The molecule has 0 saturated heterocycles. The average molecular weight is 212 g/mol. The Hall–Kier alpha value is -0.570. The molecule has 15 heavy (non-hydrogen) atoms. The molecule has 1 aliphatic rings. The van der Waals surface area contributed by atoms with Gasteiger partial charge in [0.2, 0.25) is 5.91 Å². The third-order valence-electron chi connectivity index (χ3n) is 3.21. The highest BCUT2D eigenvalue weighted by molar-refractivity contribution is 5.79. The van der Waals surface area contributed by atoms with Gasteiger partial charge in [-0.15, -0.1) is 0 Å². The lowest BCUT2D eigenvalue weighted by molar-refractivity contribution is -0.127. The maximum absolute atomic E-state index is 11.9. The second-order valence-corrected chi connectivity index (χ2v) is 5.25. The van der Waals surface area contributed by atoms with Crippen LogP contribution in [-0.2, 0) is 4.79 Å². The van der Waals surface area contributed by atoms with Crippen molar-refractivity contribution in [3.8, 4) is 0 Å². The first kappa shape index (κ1) is 12.5. The minimum absolute atomic E-state index is 0.150. The minimum atomic E-state index is -0.150. The first-order chi connectivity index (χ1) is 7.05. The molecule has 1 saturated carbocycles.